The largest absolute Gasteiger partial charge is 0.458 e. The van der Waals surface area contributed by atoms with E-state index in [2.05, 4.69) is 26.6 Å². The molecule has 0 aliphatic rings. The molecule has 25 heavy (non-hydrogen) atoms. The van der Waals surface area contributed by atoms with Gasteiger partial charge in [0.05, 0.1) is 5.33 Å². The van der Waals surface area contributed by atoms with Gasteiger partial charge in [0.25, 0.3) is 0 Å². The molecule has 1 atom stereocenters. The standard InChI is InChI=1S/C17H31BrN2O5/c1-16(2,3)24-14(22)12(20-15(23)25-17(4,5)6)9-7-8-10-19-13(21)11-18/h12H,7-11H2,1-6H3,(H,19,21)(H,20,23)/t12-/m0/s1. The minimum absolute atomic E-state index is 0.0874. The Balaban J connectivity index is 4.60. The van der Waals surface area contributed by atoms with Gasteiger partial charge in [-0.1, -0.05) is 15.9 Å². The number of unbranched alkanes of at least 4 members (excludes halogenated alkanes) is 1. The molecule has 146 valence electrons. The Morgan fingerprint density at radius 1 is 0.960 bits per heavy atom. The zero-order valence-electron chi connectivity index (χ0n) is 16.0. The van der Waals surface area contributed by atoms with Crippen LogP contribution in [0.3, 0.4) is 0 Å². The first-order valence-electron chi connectivity index (χ1n) is 8.39. The normalized spacial score (nSPS) is 12.9. The van der Waals surface area contributed by atoms with Gasteiger partial charge in [0.2, 0.25) is 5.91 Å². The maximum absolute atomic E-state index is 12.3. The molecule has 0 saturated heterocycles. The minimum atomic E-state index is -0.791. The number of halogens is 1. The molecule has 0 radical (unpaired) electrons. The molecule has 0 rings (SSSR count). The zero-order chi connectivity index (χ0) is 19.7. The molecule has 0 aromatic rings. The Bertz CT molecular complexity index is 455. The average molecular weight is 423 g/mol. The minimum Gasteiger partial charge on any atom is -0.458 e. The van der Waals surface area contributed by atoms with Crippen LogP contribution >= 0.6 is 15.9 Å². The number of carbonyl (C=O) groups excluding carboxylic acids is 3. The van der Waals surface area contributed by atoms with Crippen molar-refractivity contribution in [1.29, 1.82) is 0 Å². The van der Waals surface area contributed by atoms with E-state index in [9.17, 15) is 14.4 Å². The number of rotatable bonds is 8. The monoisotopic (exact) mass is 422 g/mol. The molecule has 0 bridgehead atoms. The number of alkyl carbamates (subject to hydrolysis) is 1. The van der Waals surface area contributed by atoms with E-state index >= 15 is 0 Å². The average Bonchev–Trinajstić information content (AvgIpc) is 2.41. The number of hydrogen-bond acceptors (Lipinski definition) is 5. The zero-order valence-corrected chi connectivity index (χ0v) is 17.6. The molecular formula is C17H31BrN2O5. The van der Waals surface area contributed by atoms with Gasteiger partial charge < -0.3 is 20.1 Å². The van der Waals surface area contributed by atoms with E-state index in [1.165, 1.54) is 0 Å². The van der Waals surface area contributed by atoms with E-state index in [1.807, 2.05) is 0 Å². The second kappa shape index (κ2) is 10.6. The van der Waals surface area contributed by atoms with E-state index < -0.39 is 29.3 Å². The lowest BCUT2D eigenvalue weighted by Gasteiger charge is -2.26. The van der Waals surface area contributed by atoms with Crippen molar-refractivity contribution in [3.05, 3.63) is 0 Å². The molecule has 0 aromatic carbocycles. The summed E-state index contributed by atoms with van der Waals surface area (Å²) in [5.41, 5.74) is -1.29. The van der Waals surface area contributed by atoms with Crippen molar-refractivity contribution in [3.63, 3.8) is 0 Å². The summed E-state index contributed by atoms with van der Waals surface area (Å²) in [6, 6.07) is -0.791. The van der Waals surface area contributed by atoms with Crippen LogP contribution in [-0.4, -0.2) is 47.1 Å². The Morgan fingerprint density at radius 3 is 2.00 bits per heavy atom. The van der Waals surface area contributed by atoms with Gasteiger partial charge in [-0.05, 0) is 60.8 Å². The van der Waals surface area contributed by atoms with Crippen molar-refractivity contribution >= 4 is 33.9 Å². The smallest absolute Gasteiger partial charge is 0.408 e. The van der Waals surface area contributed by atoms with Gasteiger partial charge in [0.15, 0.2) is 0 Å². The fourth-order valence-electron chi connectivity index (χ4n) is 1.82. The maximum Gasteiger partial charge on any atom is 0.408 e. The summed E-state index contributed by atoms with van der Waals surface area (Å²) in [5.74, 6) is -0.585. The fourth-order valence-corrected chi connectivity index (χ4v) is 2.02. The molecule has 2 N–H and O–H groups in total. The molecule has 0 aromatic heterocycles. The predicted molar refractivity (Wildman–Crippen MR) is 99.7 cm³/mol. The van der Waals surface area contributed by atoms with E-state index in [0.29, 0.717) is 25.8 Å². The van der Waals surface area contributed by atoms with Gasteiger partial charge in [-0.25, -0.2) is 9.59 Å². The lowest BCUT2D eigenvalue weighted by molar-refractivity contribution is -0.157. The third-order valence-corrected chi connectivity index (χ3v) is 3.25. The van der Waals surface area contributed by atoms with E-state index in [-0.39, 0.29) is 11.2 Å². The molecule has 0 aliphatic carbocycles. The van der Waals surface area contributed by atoms with Crippen LogP contribution in [0.25, 0.3) is 0 Å². The number of alkyl halides is 1. The van der Waals surface area contributed by atoms with Crippen LogP contribution in [0.5, 0.6) is 0 Å². The highest BCUT2D eigenvalue weighted by atomic mass is 79.9. The number of esters is 1. The molecule has 8 heteroatoms. The molecule has 0 unspecified atom stereocenters. The highest BCUT2D eigenvalue weighted by molar-refractivity contribution is 9.09. The summed E-state index contributed by atoms with van der Waals surface area (Å²) >= 11 is 3.07. The molecule has 0 heterocycles. The SMILES string of the molecule is CC(C)(C)OC(=O)N[C@@H](CCCCNC(=O)CBr)C(=O)OC(C)(C)C. The van der Waals surface area contributed by atoms with Crippen LogP contribution in [0.1, 0.15) is 60.8 Å². The molecule has 0 spiro atoms. The summed E-state index contributed by atoms with van der Waals surface area (Å²) in [6.07, 6.45) is 1.07. The van der Waals surface area contributed by atoms with Crippen molar-refractivity contribution in [2.45, 2.75) is 78.0 Å². The predicted octanol–water partition coefficient (Wildman–Crippen LogP) is 2.90. The summed E-state index contributed by atoms with van der Waals surface area (Å²) in [5, 5.41) is 5.57. The number of carbonyl (C=O) groups is 3. The van der Waals surface area contributed by atoms with Gasteiger partial charge >= 0.3 is 12.1 Å². The van der Waals surface area contributed by atoms with Crippen molar-refractivity contribution in [1.82, 2.24) is 10.6 Å². The first-order chi connectivity index (χ1) is 11.3. The van der Waals surface area contributed by atoms with Crippen molar-refractivity contribution < 1.29 is 23.9 Å². The molecular weight excluding hydrogens is 392 g/mol. The molecule has 0 fully saturated rings. The highest BCUT2D eigenvalue weighted by Gasteiger charge is 2.28. The highest BCUT2D eigenvalue weighted by Crippen LogP contribution is 2.13. The molecule has 7 nitrogen and oxygen atoms in total. The summed E-state index contributed by atoms with van der Waals surface area (Å²) in [4.78, 5) is 35.4. The third-order valence-electron chi connectivity index (χ3n) is 2.75. The summed E-state index contributed by atoms with van der Waals surface area (Å²) < 4.78 is 10.6. The van der Waals surface area contributed by atoms with Crippen molar-refractivity contribution in [3.8, 4) is 0 Å². The van der Waals surface area contributed by atoms with Crippen LogP contribution in [0, 0.1) is 0 Å². The molecule has 0 aliphatic heterocycles. The van der Waals surface area contributed by atoms with Gasteiger partial charge in [0.1, 0.15) is 17.2 Å². The fraction of sp³-hybridized carbons (Fsp3) is 0.824. The summed E-state index contributed by atoms with van der Waals surface area (Å²) in [6.45, 7) is 11.1. The number of hydrogen-bond donors (Lipinski definition) is 2. The van der Waals surface area contributed by atoms with Crippen LogP contribution in [-0.2, 0) is 19.1 Å². The Hall–Kier alpha value is -1.31. The van der Waals surface area contributed by atoms with Crippen molar-refractivity contribution in [2.75, 3.05) is 11.9 Å². The van der Waals surface area contributed by atoms with Gasteiger partial charge in [-0.15, -0.1) is 0 Å². The number of nitrogens with one attached hydrogen (secondary N) is 2. The van der Waals surface area contributed by atoms with Gasteiger partial charge in [-0.3, -0.25) is 4.79 Å². The van der Waals surface area contributed by atoms with Crippen LogP contribution < -0.4 is 10.6 Å². The van der Waals surface area contributed by atoms with Crippen LogP contribution in [0.4, 0.5) is 4.79 Å². The topological polar surface area (TPSA) is 93.7 Å². The maximum atomic E-state index is 12.3. The Morgan fingerprint density at radius 2 is 1.52 bits per heavy atom. The van der Waals surface area contributed by atoms with E-state index in [4.69, 9.17) is 9.47 Å². The Labute approximate surface area is 158 Å². The first-order valence-corrected chi connectivity index (χ1v) is 9.51. The van der Waals surface area contributed by atoms with E-state index in [0.717, 1.165) is 0 Å². The lowest BCUT2D eigenvalue weighted by Crippen LogP contribution is -2.46. The van der Waals surface area contributed by atoms with Gasteiger partial charge in [-0.2, -0.15) is 0 Å². The second-order valence-electron chi connectivity index (χ2n) is 7.71. The summed E-state index contributed by atoms with van der Waals surface area (Å²) in [7, 11) is 0. The quantitative estimate of drug-likeness (QED) is 0.356. The molecule has 0 saturated carbocycles. The number of amides is 2. The first kappa shape index (κ1) is 23.7. The lowest BCUT2D eigenvalue weighted by atomic mass is 10.1. The second-order valence-corrected chi connectivity index (χ2v) is 8.27. The van der Waals surface area contributed by atoms with Gasteiger partial charge in [0, 0.05) is 6.54 Å². The van der Waals surface area contributed by atoms with Crippen LogP contribution in [0.2, 0.25) is 0 Å². The Kier molecular flexibility index (Phi) is 10.1. The van der Waals surface area contributed by atoms with Crippen molar-refractivity contribution in [2.24, 2.45) is 0 Å². The van der Waals surface area contributed by atoms with E-state index in [1.54, 1.807) is 41.5 Å². The van der Waals surface area contributed by atoms with Crippen LogP contribution in [0.15, 0.2) is 0 Å². The third kappa shape index (κ3) is 13.6. The number of ether oxygens (including phenoxy) is 2. The molecule has 2 amide bonds.